The number of carbonyl (C=O) groups is 1. The average molecular weight is 362 g/mol. The van der Waals surface area contributed by atoms with Gasteiger partial charge in [0, 0.05) is 4.88 Å². The summed E-state index contributed by atoms with van der Waals surface area (Å²) >= 11 is 1.53. The summed E-state index contributed by atoms with van der Waals surface area (Å²) in [6.45, 7) is 7.64. The van der Waals surface area contributed by atoms with E-state index in [1.165, 1.54) is 22.3 Å². The van der Waals surface area contributed by atoms with Crippen LogP contribution < -0.4 is 5.56 Å². The van der Waals surface area contributed by atoms with Gasteiger partial charge < -0.3 is 4.74 Å². The smallest absolute Gasteiger partial charge is 0.329 e. The van der Waals surface area contributed by atoms with E-state index in [1.807, 2.05) is 20.8 Å². The van der Waals surface area contributed by atoms with Crippen molar-refractivity contribution >= 4 is 27.5 Å². The van der Waals surface area contributed by atoms with E-state index in [2.05, 4.69) is 4.98 Å². The minimum absolute atomic E-state index is 0.00636. The van der Waals surface area contributed by atoms with Gasteiger partial charge in [-0.05, 0) is 58.4 Å². The fourth-order valence-corrected chi connectivity index (χ4v) is 4.72. The first kappa shape index (κ1) is 18.1. The second kappa shape index (κ2) is 7.28. The molecule has 0 radical (unpaired) electrons. The number of aryl methyl sites for hydroxylation is 3. The van der Waals surface area contributed by atoms with Gasteiger partial charge in [0.25, 0.3) is 5.56 Å². The molecule has 0 saturated heterocycles. The zero-order chi connectivity index (χ0) is 18.1. The maximum absolute atomic E-state index is 13.1. The molecule has 2 aromatic heterocycles. The molecule has 25 heavy (non-hydrogen) atoms. The molecular weight excluding hydrogens is 336 g/mol. The lowest BCUT2D eigenvalue weighted by Gasteiger charge is -2.25. The van der Waals surface area contributed by atoms with E-state index < -0.39 is 6.04 Å². The summed E-state index contributed by atoms with van der Waals surface area (Å²) in [5.41, 5.74) is 0.832. The lowest BCUT2D eigenvalue weighted by atomic mass is 9.98. The van der Waals surface area contributed by atoms with Gasteiger partial charge in [-0.25, -0.2) is 9.78 Å². The van der Waals surface area contributed by atoms with E-state index in [9.17, 15) is 9.59 Å². The maximum atomic E-state index is 13.1. The van der Waals surface area contributed by atoms with Crippen LogP contribution in [0.15, 0.2) is 4.79 Å². The number of carbonyl (C=O) groups excluding carboxylic acids is 1. The van der Waals surface area contributed by atoms with Crippen molar-refractivity contribution in [1.29, 1.82) is 0 Å². The minimum Gasteiger partial charge on any atom is -0.461 e. The van der Waals surface area contributed by atoms with Crippen molar-refractivity contribution in [1.82, 2.24) is 9.55 Å². The molecule has 0 bridgehead atoms. The second-order valence-corrected chi connectivity index (χ2v) is 8.12. The summed E-state index contributed by atoms with van der Waals surface area (Å²) in [6, 6.07) is -0.606. The Morgan fingerprint density at radius 1 is 1.28 bits per heavy atom. The molecule has 2 heterocycles. The Kier molecular flexibility index (Phi) is 5.27. The highest BCUT2D eigenvalue weighted by molar-refractivity contribution is 7.18. The topological polar surface area (TPSA) is 61.2 Å². The zero-order valence-corrected chi connectivity index (χ0v) is 16.2. The second-order valence-electron chi connectivity index (χ2n) is 6.92. The summed E-state index contributed by atoms with van der Waals surface area (Å²) in [5, 5.41) is 0.636. The number of fused-ring (bicyclic) bond motifs is 1. The molecule has 0 N–H and O–H groups in total. The number of hydrogen-bond acceptors (Lipinski definition) is 5. The molecular formula is C19H26N2O3S. The molecule has 0 spiro atoms. The standard InChI is InChI=1S/C19H26N2O3S/c1-5-15(19(23)24-14-9-7-6-8-10-14)21-13(4)20-17-16(18(21)22)11(2)12(3)25-17/h14-15H,5-10H2,1-4H3. The highest BCUT2D eigenvalue weighted by Crippen LogP contribution is 2.28. The zero-order valence-electron chi connectivity index (χ0n) is 15.4. The molecule has 6 heteroatoms. The lowest BCUT2D eigenvalue weighted by Crippen LogP contribution is -2.35. The van der Waals surface area contributed by atoms with Gasteiger partial charge in [0.1, 0.15) is 22.8 Å². The molecule has 1 saturated carbocycles. The van der Waals surface area contributed by atoms with E-state index in [1.54, 1.807) is 6.92 Å². The first-order valence-corrected chi connectivity index (χ1v) is 9.95. The Balaban J connectivity index is 1.98. The van der Waals surface area contributed by atoms with Crippen LogP contribution in [0.1, 0.15) is 67.8 Å². The highest BCUT2D eigenvalue weighted by atomic mass is 32.1. The van der Waals surface area contributed by atoms with Crippen molar-refractivity contribution in [2.24, 2.45) is 0 Å². The third-order valence-corrected chi connectivity index (χ3v) is 6.32. The van der Waals surface area contributed by atoms with Crippen molar-refractivity contribution in [2.75, 3.05) is 0 Å². The van der Waals surface area contributed by atoms with Crippen molar-refractivity contribution in [3.8, 4) is 0 Å². The van der Waals surface area contributed by atoms with Gasteiger partial charge in [0.15, 0.2) is 0 Å². The van der Waals surface area contributed by atoms with Crippen LogP contribution in [-0.2, 0) is 9.53 Å². The average Bonchev–Trinajstić information content (AvgIpc) is 2.86. The van der Waals surface area contributed by atoms with Gasteiger partial charge in [0.2, 0.25) is 0 Å². The van der Waals surface area contributed by atoms with Crippen LogP contribution >= 0.6 is 11.3 Å². The minimum atomic E-state index is -0.606. The SMILES string of the molecule is CCC(C(=O)OC1CCCCC1)n1c(C)nc2sc(C)c(C)c2c1=O. The summed E-state index contributed by atoms with van der Waals surface area (Å²) in [7, 11) is 0. The van der Waals surface area contributed by atoms with Crippen LogP contribution in [0.3, 0.4) is 0 Å². The predicted molar refractivity (Wildman–Crippen MR) is 100 cm³/mol. The van der Waals surface area contributed by atoms with Gasteiger partial charge in [-0.15, -0.1) is 11.3 Å². The molecule has 1 aliphatic rings. The number of rotatable bonds is 4. The van der Waals surface area contributed by atoms with Crippen molar-refractivity contribution in [2.45, 2.75) is 78.4 Å². The van der Waals surface area contributed by atoms with Crippen LogP contribution in [0.5, 0.6) is 0 Å². The van der Waals surface area contributed by atoms with Gasteiger partial charge in [0.05, 0.1) is 5.39 Å². The molecule has 0 aliphatic heterocycles. The molecule has 5 nitrogen and oxygen atoms in total. The fourth-order valence-electron chi connectivity index (χ4n) is 3.66. The van der Waals surface area contributed by atoms with E-state index in [4.69, 9.17) is 4.74 Å². The highest BCUT2D eigenvalue weighted by Gasteiger charge is 2.28. The first-order chi connectivity index (χ1) is 11.9. The van der Waals surface area contributed by atoms with Crippen LogP contribution in [0.25, 0.3) is 10.2 Å². The molecule has 3 rings (SSSR count). The molecule has 1 unspecified atom stereocenters. The Bertz CT molecular complexity index is 846. The number of nitrogens with zero attached hydrogens (tertiary/aromatic N) is 2. The summed E-state index contributed by atoms with van der Waals surface area (Å²) < 4.78 is 7.27. The summed E-state index contributed by atoms with van der Waals surface area (Å²) in [5.74, 6) is 0.275. The van der Waals surface area contributed by atoms with E-state index in [0.717, 1.165) is 41.0 Å². The Morgan fingerprint density at radius 3 is 2.60 bits per heavy atom. The van der Waals surface area contributed by atoms with Crippen LogP contribution in [0.2, 0.25) is 0 Å². The molecule has 2 aromatic rings. The van der Waals surface area contributed by atoms with Crippen molar-refractivity contribution < 1.29 is 9.53 Å². The number of ether oxygens (including phenoxy) is 1. The number of aromatic nitrogens is 2. The quantitative estimate of drug-likeness (QED) is 0.765. The molecule has 1 atom stereocenters. The molecule has 0 aromatic carbocycles. The van der Waals surface area contributed by atoms with Crippen LogP contribution in [0.4, 0.5) is 0 Å². The van der Waals surface area contributed by atoms with Crippen molar-refractivity contribution in [3.05, 3.63) is 26.6 Å². The molecule has 0 amide bonds. The van der Waals surface area contributed by atoms with Crippen LogP contribution in [-0.4, -0.2) is 21.6 Å². The van der Waals surface area contributed by atoms with Gasteiger partial charge in [-0.2, -0.15) is 0 Å². The van der Waals surface area contributed by atoms with Crippen LogP contribution in [0, 0.1) is 20.8 Å². The lowest BCUT2D eigenvalue weighted by molar-refractivity contribution is -0.155. The van der Waals surface area contributed by atoms with E-state index in [0.29, 0.717) is 17.6 Å². The number of esters is 1. The van der Waals surface area contributed by atoms with E-state index in [-0.39, 0.29) is 17.6 Å². The Labute approximate surface area is 152 Å². The van der Waals surface area contributed by atoms with Gasteiger partial charge >= 0.3 is 5.97 Å². The maximum Gasteiger partial charge on any atom is 0.329 e. The summed E-state index contributed by atoms with van der Waals surface area (Å²) in [4.78, 5) is 32.3. The molecule has 136 valence electrons. The first-order valence-electron chi connectivity index (χ1n) is 9.13. The number of hydrogen-bond donors (Lipinski definition) is 0. The molecule has 1 fully saturated rings. The number of thiophene rings is 1. The largest absolute Gasteiger partial charge is 0.461 e. The summed E-state index contributed by atoms with van der Waals surface area (Å²) in [6.07, 6.45) is 5.78. The monoisotopic (exact) mass is 362 g/mol. The third kappa shape index (κ3) is 3.36. The normalized spacial score (nSPS) is 17.0. The van der Waals surface area contributed by atoms with Gasteiger partial charge in [-0.1, -0.05) is 13.3 Å². The molecule has 1 aliphatic carbocycles. The van der Waals surface area contributed by atoms with Crippen molar-refractivity contribution in [3.63, 3.8) is 0 Å². The Hall–Kier alpha value is -1.69. The third-order valence-electron chi connectivity index (χ3n) is 5.22. The van der Waals surface area contributed by atoms with E-state index >= 15 is 0 Å². The fraction of sp³-hybridized carbons (Fsp3) is 0.632. The van der Waals surface area contributed by atoms with Gasteiger partial charge in [-0.3, -0.25) is 9.36 Å². The Morgan fingerprint density at radius 2 is 1.96 bits per heavy atom. The predicted octanol–water partition coefficient (Wildman–Crippen LogP) is 4.21.